The van der Waals surface area contributed by atoms with Gasteiger partial charge >= 0.3 is 0 Å². The molecule has 0 aliphatic rings. The monoisotopic (exact) mass is 283 g/mol. The lowest BCUT2D eigenvalue weighted by atomic mass is 10.1. The molecular formula is C15H22FNOS. The van der Waals surface area contributed by atoms with Crippen molar-refractivity contribution < 1.29 is 9.18 Å². The molecule has 1 rings (SSSR count). The molecule has 0 amide bonds. The highest BCUT2D eigenvalue weighted by atomic mass is 32.2. The van der Waals surface area contributed by atoms with Crippen molar-refractivity contribution in [3.8, 4) is 0 Å². The number of halogens is 1. The fourth-order valence-electron chi connectivity index (χ4n) is 2.04. The lowest BCUT2D eigenvalue weighted by Crippen LogP contribution is -2.37. The number of Topliss-reactive ketones (excluding diaryl/α,β-unsaturated/α-hetero) is 1. The summed E-state index contributed by atoms with van der Waals surface area (Å²) < 4.78 is 12.8. The van der Waals surface area contributed by atoms with E-state index in [2.05, 4.69) is 18.1 Å². The van der Waals surface area contributed by atoms with Crippen LogP contribution in [0, 0.1) is 5.82 Å². The van der Waals surface area contributed by atoms with Gasteiger partial charge in [-0.25, -0.2) is 4.39 Å². The number of ketones is 1. The lowest BCUT2D eigenvalue weighted by molar-refractivity contribution is -0.119. The molecule has 106 valence electrons. The molecule has 0 spiro atoms. The third kappa shape index (κ3) is 5.74. The topological polar surface area (TPSA) is 20.3 Å². The van der Waals surface area contributed by atoms with Crippen molar-refractivity contribution in [2.75, 3.05) is 25.6 Å². The van der Waals surface area contributed by atoms with Crippen molar-refractivity contribution in [1.82, 2.24) is 4.90 Å². The summed E-state index contributed by atoms with van der Waals surface area (Å²) in [6.45, 7) is 2.60. The molecule has 0 bridgehead atoms. The largest absolute Gasteiger partial charge is 0.298 e. The van der Waals surface area contributed by atoms with Crippen LogP contribution in [0.4, 0.5) is 4.39 Å². The second-order valence-corrected chi connectivity index (χ2v) is 5.69. The number of thioether (sulfide) groups is 1. The molecule has 1 aromatic rings. The van der Waals surface area contributed by atoms with E-state index in [1.165, 1.54) is 12.1 Å². The van der Waals surface area contributed by atoms with Crippen LogP contribution in [0.2, 0.25) is 0 Å². The van der Waals surface area contributed by atoms with Gasteiger partial charge in [-0.15, -0.1) is 0 Å². The third-order valence-electron chi connectivity index (χ3n) is 3.19. The average Bonchev–Trinajstić information content (AvgIpc) is 2.38. The van der Waals surface area contributed by atoms with E-state index >= 15 is 0 Å². The summed E-state index contributed by atoms with van der Waals surface area (Å²) in [6, 6.07) is 6.58. The van der Waals surface area contributed by atoms with Crippen LogP contribution in [0.5, 0.6) is 0 Å². The highest BCUT2D eigenvalue weighted by molar-refractivity contribution is 7.98. The molecule has 0 aromatic heterocycles. The van der Waals surface area contributed by atoms with Crippen molar-refractivity contribution in [1.29, 1.82) is 0 Å². The Morgan fingerprint density at radius 3 is 2.53 bits per heavy atom. The molecule has 0 fully saturated rings. The lowest BCUT2D eigenvalue weighted by Gasteiger charge is -2.25. The molecule has 19 heavy (non-hydrogen) atoms. The first-order valence-corrected chi connectivity index (χ1v) is 7.91. The number of hydrogen-bond donors (Lipinski definition) is 0. The third-order valence-corrected chi connectivity index (χ3v) is 3.91. The molecule has 1 unspecified atom stereocenters. The summed E-state index contributed by atoms with van der Waals surface area (Å²) in [4.78, 5) is 14.1. The summed E-state index contributed by atoms with van der Waals surface area (Å²) >= 11 is 1.80. The first-order valence-electron chi connectivity index (χ1n) is 6.52. The van der Waals surface area contributed by atoms with E-state index in [1.54, 1.807) is 23.9 Å². The van der Waals surface area contributed by atoms with Crippen LogP contribution in [-0.4, -0.2) is 42.3 Å². The second kappa shape index (κ2) is 8.33. The van der Waals surface area contributed by atoms with Gasteiger partial charge in [0, 0.05) is 18.2 Å². The van der Waals surface area contributed by atoms with E-state index in [0.717, 1.165) is 17.7 Å². The van der Waals surface area contributed by atoms with Crippen LogP contribution in [-0.2, 0) is 11.2 Å². The summed E-state index contributed by atoms with van der Waals surface area (Å²) in [7, 11) is 1.99. The minimum Gasteiger partial charge on any atom is -0.298 e. The van der Waals surface area contributed by atoms with Crippen LogP contribution in [0.1, 0.15) is 18.9 Å². The quantitative estimate of drug-likeness (QED) is 0.731. The van der Waals surface area contributed by atoms with E-state index < -0.39 is 0 Å². The van der Waals surface area contributed by atoms with Crippen LogP contribution in [0.15, 0.2) is 24.3 Å². The predicted octanol–water partition coefficient (Wildman–Crippen LogP) is 3.01. The van der Waals surface area contributed by atoms with Gasteiger partial charge in [-0.3, -0.25) is 9.69 Å². The highest BCUT2D eigenvalue weighted by Crippen LogP contribution is 2.09. The maximum Gasteiger partial charge on any atom is 0.151 e. The zero-order chi connectivity index (χ0) is 14.3. The van der Waals surface area contributed by atoms with Gasteiger partial charge in [-0.1, -0.05) is 19.1 Å². The Morgan fingerprint density at radius 1 is 1.37 bits per heavy atom. The molecule has 0 saturated heterocycles. The van der Waals surface area contributed by atoms with Gasteiger partial charge in [0.25, 0.3) is 0 Å². The Kier molecular flexibility index (Phi) is 7.10. The smallest absolute Gasteiger partial charge is 0.151 e. The normalized spacial score (nSPS) is 12.7. The van der Waals surface area contributed by atoms with Crippen LogP contribution >= 0.6 is 11.8 Å². The number of likely N-dealkylation sites (N-methyl/N-ethyl adjacent to an activating group) is 1. The van der Waals surface area contributed by atoms with Gasteiger partial charge < -0.3 is 0 Å². The highest BCUT2D eigenvalue weighted by Gasteiger charge is 2.15. The van der Waals surface area contributed by atoms with E-state index in [0.29, 0.717) is 19.0 Å². The molecular weight excluding hydrogens is 261 g/mol. The Morgan fingerprint density at radius 2 is 2.00 bits per heavy atom. The first-order chi connectivity index (χ1) is 9.06. The van der Waals surface area contributed by atoms with Gasteiger partial charge in [0.15, 0.2) is 5.78 Å². The van der Waals surface area contributed by atoms with Gasteiger partial charge in [-0.2, -0.15) is 11.8 Å². The fraction of sp³-hybridized carbons (Fsp3) is 0.533. The standard InChI is InChI=1S/C15H22FNOS/c1-4-14(11-19-3)17(2)10-15(18)9-12-5-7-13(16)8-6-12/h5-8,14H,4,9-11H2,1-3H3. The maximum atomic E-state index is 12.8. The van der Waals surface area contributed by atoms with Crippen molar-refractivity contribution >= 4 is 17.5 Å². The van der Waals surface area contributed by atoms with Crippen molar-refractivity contribution in [3.63, 3.8) is 0 Å². The molecule has 4 heteroatoms. The minimum atomic E-state index is -0.265. The predicted molar refractivity (Wildman–Crippen MR) is 80.2 cm³/mol. The van der Waals surface area contributed by atoms with Gasteiger partial charge in [-0.05, 0) is 37.4 Å². The van der Waals surface area contributed by atoms with Crippen molar-refractivity contribution in [3.05, 3.63) is 35.6 Å². The number of hydrogen-bond acceptors (Lipinski definition) is 3. The molecule has 1 aromatic carbocycles. The van der Waals surface area contributed by atoms with Gasteiger partial charge in [0.1, 0.15) is 5.82 Å². The number of nitrogens with zero attached hydrogens (tertiary/aromatic N) is 1. The van der Waals surface area contributed by atoms with Gasteiger partial charge in [0.2, 0.25) is 0 Å². The summed E-state index contributed by atoms with van der Waals surface area (Å²) in [5, 5.41) is 0. The molecule has 0 radical (unpaired) electrons. The Balaban J connectivity index is 2.48. The second-order valence-electron chi connectivity index (χ2n) is 4.77. The zero-order valence-corrected chi connectivity index (χ0v) is 12.7. The number of carbonyl (C=O) groups is 1. The molecule has 0 N–H and O–H groups in total. The van der Waals surface area contributed by atoms with E-state index in [1.807, 2.05) is 7.05 Å². The Hall–Kier alpha value is -0.870. The minimum absolute atomic E-state index is 0.175. The van der Waals surface area contributed by atoms with Crippen molar-refractivity contribution in [2.24, 2.45) is 0 Å². The Labute approximate surface area is 119 Å². The van der Waals surface area contributed by atoms with Crippen molar-refractivity contribution in [2.45, 2.75) is 25.8 Å². The number of benzene rings is 1. The SMILES string of the molecule is CCC(CSC)N(C)CC(=O)Cc1ccc(F)cc1. The van der Waals surface area contributed by atoms with E-state index in [9.17, 15) is 9.18 Å². The number of rotatable bonds is 8. The molecule has 0 saturated carbocycles. The van der Waals surface area contributed by atoms with Crippen LogP contribution in [0.3, 0.4) is 0 Å². The maximum absolute atomic E-state index is 12.8. The summed E-state index contributed by atoms with van der Waals surface area (Å²) in [5.74, 6) is 0.949. The Bertz CT molecular complexity index is 394. The van der Waals surface area contributed by atoms with Gasteiger partial charge in [0.05, 0.1) is 6.54 Å². The van der Waals surface area contributed by atoms with Crippen LogP contribution in [0.25, 0.3) is 0 Å². The molecule has 2 nitrogen and oxygen atoms in total. The molecule has 1 atom stereocenters. The molecule has 0 aliphatic carbocycles. The van der Waals surface area contributed by atoms with E-state index in [4.69, 9.17) is 0 Å². The average molecular weight is 283 g/mol. The number of carbonyl (C=O) groups excluding carboxylic acids is 1. The summed E-state index contributed by atoms with van der Waals surface area (Å²) in [5.41, 5.74) is 0.873. The first kappa shape index (κ1) is 16.2. The zero-order valence-electron chi connectivity index (χ0n) is 11.9. The fourth-order valence-corrected chi connectivity index (χ4v) is 2.92. The summed E-state index contributed by atoms with van der Waals surface area (Å²) in [6.07, 6.45) is 3.50. The molecule has 0 heterocycles. The molecule has 0 aliphatic heterocycles. The van der Waals surface area contributed by atoms with E-state index in [-0.39, 0.29) is 11.6 Å². The van der Waals surface area contributed by atoms with Crippen LogP contribution < -0.4 is 0 Å².